The summed E-state index contributed by atoms with van der Waals surface area (Å²) in [5, 5.41) is 54.5. The summed E-state index contributed by atoms with van der Waals surface area (Å²) in [5.41, 5.74) is 4.48. The van der Waals surface area contributed by atoms with Gasteiger partial charge in [0.2, 0.25) is 0 Å². The zero-order chi connectivity index (χ0) is 50.8. The number of ether oxygens (including phenoxy) is 7. The molecule has 4 unspecified atom stereocenters. The van der Waals surface area contributed by atoms with E-state index in [1.165, 1.54) is 14.2 Å². The first kappa shape index (κ1) is 55.1. The molecule has 17 heteroatoms. The number of carbonyl (C=O) groups is 2. The number of esters is 1. The molecule has 0 bridgehead atoms. The number of aromatic nitrogens is 3. The number of cyclic esters (lactones) is 1. The molecule has 0 radical (unpaired) electrons. The molecule has 1 aromatic heterocycles. The molecule has 17 atom stereocenters. The fraction of sp³-hybridized carbons (Fsp3) is 0.623. The number of rotatable bonds is 14. The van der Waals surface area contributed by atoms with Gasteiger partial charge in [0.25, 0.3) is 0 Å². The second-order valence-electron chi connectivity index (χ2n) is 19.6. The van der Waals surface area contributed by atoms with E-state index in [4.69, 9.17) is 33.2 Å². The van der Waals surface area contributed by atoms with Crippen molar-refractivity contribution < 1.29 is 63.2 Å². The van der Waals surface area contributed by atoms with Crippen LogP contribution in [0.4, 0.5) is 0 Å². The summed E-state index contributed by atoms with van der Waals surface area (Å²) < 4.78 is 44.4. The Kier molecular flexibility index (Phi) is 20.0. The summed E-state index contributed by atoms with van der Waals surface area (Å²) in [6, 6.07) is 17.5. The van der Waals surface area contributed by atoms with Crippen molar-refractivity contribution in [2.45, 2.75) is 153 Å². The molecule has 17 nitrogen and oxygen atoms in total. The summed E-state index contributed by atoms with van der Waals surface area (Å²) in [6.07, 6.45) is -3.43. The Morgan fingerprint density at radius 2 is 1.44 bits per heavy atom. The fourth-order valence-electron chi connectivity index (χ4n) is 9.99. The van der Waals surface area contributed by atoms with Gasteiger partial charge in [-0.05, 0) is 77.2 Å². The van der Waals surface area contributed by atoms with Gasteiger partial charge in [-0.3, -0.25) is 14.3 Å². The molecule has 2 saturated heterocycles. The van der Waals surface area contributed by atoms with Gasteiger partial charge in [-0.25, -0.2) is 0 Å². The first-order valence-corrected chi connectivity index (χ1v) is 24.6. The van der Waals surface area contributed by atoms with Gasteiger partial charge in [-0.15, -0.1) is 5.10 Å². The van der Waals surface area contributed by atoms with Crippen LogP contribution in [-0.4, -0.2) is 167 Å². The van der Waals surface area contributed by atoms with Crippen molar-refractivity contribution in [3.63, 3.8) is 0 Å². The maximum Gasteiger partial charge on any atom is 0.308 e. The zero-order valence-corrected chi connectivity index (χ0v) is 42.3. The van der Waals surface area contributed by atoms with Gasteiger partial charge in [0.05, 0.1) is 55.8 Å². The Hall–Kier alpha value is -4.24. The Morgan fingerprint density at radius 1 is 0.800 bits per heavy atom. The number of methoxy groups -OCH3 is 2. The quantitative estimate of drug-likeness (QED) is 0.157. The smallest absolute Gasteiger partial charge is 0.308 e. The molecule has 3 aliphatic heterocycles. The minimum atomic E-state index is -1.30. The van der Waals surface area contributed by atoms with E-state index >= 15 is 0 Å². The molecule has 0 aliphatic carbocycles. The maximum atomic E-state index is 14.1. The number of likely N-dealkylation sites (N-methyl/N-ethyl adjacent to an activating group) is 1. The summed E-state index contributed by atoms with van der Waals surface area (Å²) in [4.78, 5) is 29.8. The van der Waals surface area contributed by atoms with Gasteiger partial charge in [-0.2, -0.15) is 0 Å². The molecule has 4 N–H and O–H groups in total. The lowest BCUT2D eigenvalue weighted by Crippen LogP contribution is -2.63. The minimum Gasteiger partial charge on any atom is -0.462 e. The van der Waals surface area contributed by atoms with Gasteiger partial charge in [0.15, 0.2) is 18.4 Å². The van der Waals surface area contributed by atoms with Gasteiger partial charge < -0.3 is 58.5 Å². The van der Waals surface area contributed by atoms with Crippen molar-refractivity contribution in [2.75, 3.05) is 34.9 Å². The number of hydrogen-bond acceptors (Lipinski definition) is 16. The molecule has 0 amide bonds. The summed E-state index contributed by atoms with van der Waals surface area (Å²) >= 11 is 0. The van der Waals surface area contributed by atoms with Crippen LogP contribution >= 0.6 is 0 Å². The molecule has 0 spiro atoms. The van der Waals surface area contributed by atoms with Crippen LogP contribution in [0, 0.1) is 23.7 Å². The lowest BCUT2D eigenvalue weighted by atomic mass is 9.79. The standard InChI is InChI=1S/C53H76N4O13/c1-11-43-39(29-66-53-51(65-10)50(64-9)47(62)34(6)68-53)25-30(2)17-22-41(58)31(3)26-38(23-24-57-28-40(54-55-57)37-20-18-36(19-21-37)35-15-13-12-14-16-35)49(32(4)42(59)27-44(60)69-43)70-52-48(63)45(56(7)8)46(61)33(5)67-52/h12-22,25,28,31-34,38-39,42-43,45-53,59,61-63H,11,23-24,26-27,29H2,1-10H3/t31-,32+,33-,34?,38+,39-,42-,43-,45?,46-,47-,48?,49-,50+,51?,52+,53-/m1/s1. The molecule has 3 aromatic rings. The highest BCUT2D eigenvalue weighted by Gasteiger charge is 2.48. The highest BCUT2D eigenvalue weighted by Crippen LogP contribution is 2.36. The number of carbonyl (C=O) groups excluding carboxylic acids is 2. The van der Waals surface area contributed by atoms with Crippen molar-refractivity contribution in [1.29, 1.82) is 0 Å². The van der Waals surface area contributed by atoms with Crippen LogP contribution in [0.3, 0.4) is 0 Å². The number of hydrogen-bond donors (Lipinski definition) is 4. The van der Waals surface area contributed by atoms with E-state index in [0.717, 1.165) is 22.3 Å². The number of aryl methyl sites for hydroxylation is 1. The number of ketones is 1. The first-order valence-electron chi connectivity index (χ1n) is 24.6. The maximum absolute atomic E-state index is 14.1. The molecule has 6 rings (SSSR count). The number of benzene rings is 2. The Morgan fingerprint density at radius 3 is 2.10 bits per heavy atom. The second-order valence-corrected chi connectivity index (χ2v) is 19.6. The molecular formula is C53H76N4O13. The molecule has 2 fully saturated rings. The molecule has 0 saturated carbocycles. The topological polar surface area (TPSA) is 214 Å². The van der Waals surface area contributed by atoms with Crippen molar-refractivity contribution >= 4 is 11.8 Å². The van der Waals surface area contributed by atoms with Crippen LogP contribution in [0.15, 0.2) is 84.6 Å². The van der Waals surface area contributed by atoms with Crippen LogP contribution in [0.5, 0.6) is 0 Å². The zero-order valence-electron chi connectivity index (χ0n) is 42.3. The summed E-state index contributed by atoms with van der Waals surface area (Å²) in [5.74, 6) is -3.08. The average Bonchev–Trinajstić information content (AvgIpc) is 3.83. The van der Waals surface area contributed by atoms with E-state index in [1.807, 2.05) is 75.5 Å². The van der Waals surface area contributed by atoms with Crippen LogP contribution in [0.2, 0.25) is 0 Å². The number of nitrogens with zero attached hydrogens (tertiary/aromatic N) is 4. The molecule has 70 heavy (non-hydrogen) atoms. The molecule has 2 aromatic carbocycles. The average molecular weight is 977 g/mol. The Balaban J connectivity index is 1.29. The van der Waals surface area contributed by atoms with E-state index in [9.17, 15) is 30.0 Å². The Bertz CT molecular complexity index is 2170. The van der Waals surface area contributed by atoms with Crippen LogP contribution in [-0.2, 0) is 49.3 Å². The predicted octanol–water partition coefficient (Wildman–Crippen LogP) is 4.99. The van der Waals surface area contributed by atoms with Crippen LogP contribution < -0.4 is 0 Å². The lowest BCUT2D eigenvalue weighted by Gasteiger charge is -2.46. The number of aliphatic hydroxyl groups is 4. The highest BCUT2D eigenvalue weighted by atomic mass is 16.7. The van der Waals surface area contributed by atoms with E-state index in [-0.39, 0.29) is 12.4 Å². The SMILES string of the molecule is CC[C@H]1OC(=O)C[C@@H](O)[C@H](C)[C@@H](O[C@@H]2O[C@H](C)[C@@H](O)C(N(C)C)C2O)[C@@H](CCn2cc(-c3ccc(-c4ccccc4)cc3)nn2)C[C@@H](C)C(=O)C=CC(C)=C[C@@H]1CO[C@@H]1OC(C)[C@@H](O)[C@H](OC)C1OC. The third kappa shape index (κ3) is 13.6. The molecule has 4 heterocycles. The summed E-state index contributed by atoms with van der Waals surface area (Å²) in [6.45, 7) is 11.1. The monoisotopic (exact) mass is 977 g/mol. The van der Waals surface area contributed by atoms with Crippen LogP contribution in [0.25, 0.3) is 22.4 Å². The second kappa shape index (κ2) is 25.4. The van der Waals surface area contributed by atoms with Crippen molar-refractivity contribution in [2.24, 2.45) is 23.7 Å². The molecular weight excluding hydrogens is 901 g/mol. The predicted molar refractivity (Wildman–Crippen MR) is 261 cm³/mol. The van der Waals surface area contributed by atoms with Gasteiger partial charge in [0.1, 0.15) is 36.2 Å². The number of aliphatic hydroxyl groups excluding tert-OH is 4. The van der Waals surface area contributed by atoms with Crippen molar-refractivity contribution in [3.8, 4) is 22.4 Å². The highest BCUT2D eigenvalue weighted by molar-refractivity contribution is 5.91. The summed E-state index contributed by atoms with van der Waals surface area (Å²) in [7, 11) is 6.47. The van der Waals surface area contributed by atoms with E-state index in [1.54, 1.807) is 56.6 Å². The third-order valence-electron chi connectivity index (χ3n) is 14.3. The van der Waals surface area contributed by atoms with E-state index < -0.39 is 116 Å². The lowest BCUT2D eigenvalue weighted by molar-refractivity contribution is -0.304. The Labute approximate surface area is 412 Å². The first-order chi connectivity index (χ1) is 33.4. The van der Waals surface area contributed by atoms with Gasteiger partial charge in [0, 0.05) is 44.1 Å². The number of allylic oxidation sites excluding steroid dienone is 3. The van der Waals surface area contributed by atoms with Crippen LogP contribution in [0.1, 0.15) is 67.2 Å². The van der Waals surface area contributed by atoms with Crippen molar-refractivity contribution in [3.05, 3.63) is 84.6 Å². The van der Waals surface area contributed by atoms with Crippen molar-refractivity contribution in [1.82, 2.24) is 19.9 Å². The van der Waals surface area contributed by atoms with E-state index in [2.05, 4.69) is 22.4 Å². The third-order valence-corrected chi connectivity index (χ3v) is 14.3. The van der Waals surface area contributed by atoms with E-state index in [0.29, 0.717) is 31.5 Å². The van der Waals surface area contributed by atoms with Gasteiger partial charge >= 0.3 is 5.97 Å². The molecule has 386 valence electrons. The fourth-order valence-corrected chi connectivity index (χ4v) is 9.99. The normalized spacial score (nSPS) is 35.1. The molecule has 3 aliphatic rings. The van der Waals surface area contributed by atoms with Gasteiger partial charge in [-0.1, -0.05) is 98.3 Å². The minimum absolute atomic E-state index is 0.0141. The largest absolute Gasteiger partial charge is 0.462 e.